The van der Waals surface area contributed by atoms with Crippen LogP contribution < -0.4 is 4.74 Å². The van der Waals surface area contributed by atoms with Gasteiger partial charge in [0.05, 0.1) is 12.0 Å². The van der Waals surface area contributed by atoms with Crippen LogP contribution in [-0.2, 0) is 16.0 Å². The van der Waals surface area contributed by atoms with Crippen molar-refractivity contribution in [3.63, 3.8) is 0 Å². The number of carbonyl (C=O) groups excluding carboxylic acids is 1. The van der Waals surface area contributed by atoms with Gasteiger partial charge in [-0.05, 0) is 11.6 Å². The molecule has 1 atom stereocenters. The third kappa shape index (κ3) is 2.30. The number of carbonyl (C=O) groups is 1. The average molecular weight is 241 g/mol. The lowest BCUT2D eigenvalue weighted by atomic mass is 10.0. The first-order chi connectivity index (χ1) is 7.68. The highest BCUT2D eigenvalue weighted by molar-refractivity contribution is 6.21. The largest absolute Gasteiger partial charge is 0.493 e. The monoisotopic (exact) mass is 240 g/mol. The number of ether oxygens (including phenoxy) is 2. The smallest absolute Gasteiger partial charge is 0.302 e. The van der Waals surface area contributed by atoms with Gasteiger partial charge in [0.2, 0.25) is 0 Å². The van der Waals surface area contributed by atoms with E-state index in [2.05, 4.69) is 0 Å². The lowest BCUT2D eigenvalue weighted by molar-refractivity contribution is -0.140. The molecule has 3 nitrogen and oxygen atoms in total. The van der Waals surface area contributed by atoms with Crippen LogP contribution in [0.4, 0.5) is 0 Å². The normalized spacial score (nSPS) is 15.1. The maximum Gasteiger partial charge on any atom is 0.302 e. The van der Waals surface area contributed by atoms with Crippen LogP contribution in [0.1, 0.15) is 23.4 Å². The first-order valence-corrected chi connectivity index (χ1v) is 5.64. The van der Waals surface area contributed by atoms with Crippen molar-refractivity contribution in [2.24, 2.45) is 0 Å². The molecule has 86 valence electrons. The van der Waals surface area contributed by atoms with Crippen molar-refractivity contribution in [2.45, 2.75) is 18.7 Å². The van der Waals surface area contributed by atoms with E-state index in [1.54, 1.807) is 0 Å². The Kier molecular flexibility index (Phi) is 3.34. The SMILES string of the molecule is CC(=O)OCC(Cl)c1cccc2c1CCO2. The third-order valence-corrected chi connectivity index (χ3v) is 2.91. The topological polar surface area (TPSA) is 35.5 Å². The summed E-state index contributed by atoms with van der Waals surface area (Å²) in [7, 11) is 0. The zero-order valence-corrected chi connectivity index (χ0v) is 9.79. The van der Waals surface area contributed by atoms with Gasteiger partial charge in [0.25, 0.3) is 0 Å². The molecule has 0 aromatic heterocycles. The molecule has 16 heavy (non-hydrogen) atoms. The van der Waals surface area contributed by atoms with Crippen LogP contribution in [0.2, 0.25) is 0 Å². The molecule has 4 heteroatoms. The predicted octanol–water partition coefficient (Wildman–Crippen LogP) is 2.46. The van der Waals surface area contributed by atoms with E-state index in [4.69, 9.17) is 21.1 Å². The molecular weight excluding hydrogens is 228 g/mol. The Labute approximate surface area is 99.3 Å². The molecule has 0 N–H and O–H groups in total. The molecule has 0 radical (unpaired) electrons. The van der Waals surface area contributed by atoms with Crippen molar-refractivity contribution in [3.05, 3.63) is 29.3 Å². The van der Waals surface area contributed by atoms with Gasteiger partial charge in [-0.1, -0.05) is 12.1 Å². The number of hydrogen-bond donors (Lipinski definition) is 0. The van der Waals surface area contributed by atoms with E-state index >= 15 is 0 Å². The van der Waals surface area contributed by atoms with Crippen LogP contribution in [0.15, 0.2) is 18.2 Å². The summed E-state index contributed by atoms with van der Waals surface area (Å²) in [4.78, 5) is 10.7. The Hall–Kier alpha value is -1.22. The van der Waals surface area contributed by atoms with Crippen LogP contribution in [-0.4, -0.2) is 19.2 Å². The van der Waals surface area contributed by atoms with Gasteiger partial charge in [0.15, 0.2) is 0 Å². The molecule has 1 heterocycles. The molecule has 1 aromatic carbocycles. The molecule has 2 rings (SSSR count). The first-order valence-electron chi connectivity index (χ1n) is 5.20. The van der Waals surface area contributed by atoms with Crippen molar-refractivity contribution in [1.82, 2.24) is 0 Å². The minimum absolute atomic E-state index is 0.202. The van der Waals surface area contributed by atoms with Gasteiger partial charge in [0.1, 0.15) is 12.4 Å². The van der Waals surface area contributed by atoms with E-state index in [0.717, 1.165) is 23.3 Å². The van der Waals surface area contributed by atoms with E-state index in [1.807, 2.05) is 18.2 Å². The summed E-state index contributed by atoms with van der Waals surface area (Å²) < 4.78 is 10.4. The van der Waals surface area contributed by atoms with Gasteiger partial charge >= 0.3 is 5.97 Å². The minimum atomic E-state index is -0.311. The molecule has 1 aliphatic rings. The van der Waals surface area contributed by atoms with E-state index in [-0.39, 0.29) is 18.0 Å². The fourth-order valence-electron chi connectivity index (χ4n) is 1.82. The summed E-state index contributed by atoms with van der Waals surface area (Å²) >= 11 is 6.20. The molecule has 0 saturated heterocycles. The summed E-state index contributed by atoms with van der Waals surface area (Å²) in [6.45, 7) is 2.28. The highest BCUT2D eigenvalue weighted by atomic mass is 35.5. The summed E-state index contributed by atoms with van der Waals surface area (Å²) in [5.41, 5.74) is 2.13. The van der Waals surface area contributed by atoms with E-state index in [1.165, 1.54) is 6.92 Å². The predicted molar refractivity (Wildman–Crippen MR) is 60.9 cm³/mol. The molecule has 1 aliphatic heterocycles. The summed E-state index contributed by atoms with van der Waals surface area (Å²) in [5, 5.41) is -0.305. The summed E-state index contributed by atoms with van der Waals surface area (Å²) in [6.07, 6.45) is 0.870. The first kappa shape index (κ1) is 11.3. The number of fused-ring (bicyclic) bond motifs is 1. The number of rotatable bonds is 3. The van der Waals surface area contributed by atoms with Crippen molar-refractivity contribution < 1.29 is 14.3 Å². The summed E-state index contributed by atoms with van der Waals surface area (Å²) in [6, 6.07) is 5.79. The lowest BCUT2D eigenvalue weighted by Crippen LogP contribution is -2.07. The Bertz CT molecular complexity index is 403. The summed E-state index contributed by atoms with van der Waals surface area (Å²) in [5.74, 6) is 0.584. The maximum atomic E-state index is 10.7. The number of halogens is 1. The van der Waals surface area contributed by atoms with Crippen LogP contribution in [0, 0.1) is 0 Å². The molecule has 0 spiro atoms. The minimum Gasteiger partial charge on any atom is -0.493 e. The van der Waals surface area contributed by atoms with Crippen molar-refractivity contribution >= 4 is 17.6 Å². The second-order valence-corrected chi connectivity index (χ2v) is 4.22. The van der Waals surface area contributed by atoms with E-state index in [0.29, 0.717) is 6.61 Å². The zero-order valence-electron chi connectivity index (χ0n) is 9.03. The molecule has 0 aliphatic carbocycles. The van der Waals surface area contributed by atoms with Gasteiger partial charge in [-0.25, -0.2) is 0 Å². The fourth-order valence-corrected chi connectivity index (χ4v) is 2.09. The van der Waals surface area contributed by atoms with Gasteiger partial charge in [-0.3, -0.25) is 4.79 Å². The second kappa shape index (κ2) is 4.74. The highest BCUT2D eigenvalue weighted by Crippen LogP contribution is 2.34. The van der Waals surface area contributed by atoms with Crippen molar-refractivity contribution in [1.29, 1.82) is 0 Å². The molecular formula is C12H13ClO3. The Morgan fingerprint density at radius 3 is 3.19 bits per heavy atom. The lowest BCUT2D eigenvalue weighted by Gasteiger charge is -2.12. The van der Waals surface area contributed by atoms with Crippen LogP contribution in [0.3, 0.4) is 0 Å². The second-order valence-electron chi connectivity index (χ2n) is 3.69. The molecule has 0 fully saturated rings. The molecule has 0 saturated carbocycles. The Balaban J connectivity index is 2.14. The Morgan fingerprint density at radius 2 is 2.44 bits per heavy atom. The fraction of sp³-hybridized carbons (Fsp3) is 0.417. The van der Waals surface area contributed by atoms with Crippen molar-refractivity contribution in [3.8, 4) is 5.75 Å². The number of benzene rings is 1. The van der Waals surface area contributed by atoms with Gasteiger partial charge < -0.3 is 9.47 Å². The third-order valence-electron chi connectivity index (χ3n) is 2.55. The van der Waals surface area contributed by atoms with E-state index in [9.17, 15) is 4.79 Å². The number of hydrogen-bond acceptors (Lipinski definition) is 3. The molecule has 0 amide bonds. The van der Waals surface area contributed by atoms with Gasteiger partial charge in [-0.2, -0.15) is 0 Å². The maximum absolute atomic E-state index is 10.7. The van der Waals surface area contributed by atoms with Crippen LogP contribution in [0.25, 0.3) is 0 Å². The number of esters is 1. The quantitative estimate of drug-likeness (QED) is 0.602. The average Bonchev–Trinajstić information content (AvgIpc) is 2.73. The van der Waals surface area contributed by atoms with Crippen molar-refractivity contribution in [2.75, 3.05) is 13.2 Å². The number of alkyl halides is 1. The Morgan fingerprint density at radius 1 is 1.62 bits per heavy atom. The van der Waals surface area contributed by atoms with Crippen LogP contribution >= 0.6 is 11.6 Å². The molecule has 1 unspecified atom stereocenters. The zero-order chi connectivity index (χ0) is 11.5. The van der Waals surface area contributed by atoms with Crippen LogP contribution in [0.5, 0.6) is 5.75 Å². The highest BCUT2D eigenvalue weighted by Gasteiger charge is 2.20. The van der Waals surface area contributed by atoms with Gasteiger partial charge in [-0.15, -0.1) is 11.6 Å². The molecule has 0 bridgehead atoms. The van der Waals surface area contributed by atoms with E-state index < -0.39 is 0 Å². The standard InChI is InChI=1S/C12H13ClO3/c1-8(14)16-7-11(13)9-3-2-4-12-10(9)5-6-15-12/h2-4,11H,5-7H2,1H3. The van der Waals surface area contributed by atoms with Gasteiger partial charge in [0, 0.05) is 18.9 Å². The molecule has 1 aromatic rings.